The van der Waals surface area contributed by atoms with Gasteiger partial charge in [-0.3, -0.25) is 10.7 Å². The summed E-state index contributed by atoms with van der Waals surface area (Å²) in [6.07, 6.45) is 11.3. The minimum Gasteiger partial charge on any atom is -0.393 e. The first-order valence-electron chi connectivity index (χ1n) is 8.81. The molecule has 7 nitrogen and oxygen atoms in total. The molecular weight excluding hydrogens is 316 g/mol. The van der Waals surface area contributed by atoms with Gasteiger partial charge in [-0.2, -0.15) is 0 Å². The molecule has 134 valence electrons. The number of dihydropyridines is 1. The predicted octanol–water partition coefficient (Wildman–Crippen LogP) is 0.208. The van der Waals surface area contributed by atoms with Gasteiger partial charge in [0.25, 0.3) is 0 Å². The highest BCUT2D eigenvalue weighted by Crippen LogP contribution is 2.39. The number of aliphatic imine (C=N–C) groups is 1. The first-order chi connectivity index (χ1) is 11.9. The molecule has 0 amide bonds. The second-order valence-corrected chi connectivity index (χ2v) is 7.42. The number of hydrogen-bond donors (Lipinski definition) is 5. The van der Waals surface area contributed by atoms with Crippen molar-refractivity contribution in [1.29, 1.82) is 0 Å². The van der Waals surface area contributed by atoms with Gasteiger partial charge in [-0.15, -0.1) is 0 Å². The Kier molecular flexibility index (Phi) is 3.66. The van der Waals surface area contributed by atoms with Crippen molar-refractivity contribution in [2.24, 2.45) is 10.7 Å². The lowest BCUT2D eigenvalue weighted by Gasteiger charge is -2.39. The zero-order valence-electron chi connectivity index (χ0n) is 14.7. The summed E-state index contributed by atoms with van der Waals surface area (Å²) in [4.78, 5) is 7.09. The molecule has 0 aromatic heterocycles. The molecule has 4 rings (SSSR count). The molecule has 2 unspecified atom stereocenters. The Balaban J connectivity index is 1.79. The number of fused-ring (bicyclic) bond motifs is 1. The Morgan fingerprint density at radius 2 is 1.92 bits per heavy atom. The summed E-state index contributed by atoms with van der Waals surface area (Å²) >= 11 is 0. The van der Waals surface area contributed by atoms with Crippen LogP contribution in [0.5, 0.6) is 0 Å². The van der Waals surface area contributed by atoms with Gasteiger partial charge in [0.1, 0.15) is 0 Å². The Bertz CT molecular complexity index is 724. The zero-order valence-corrected chi connectivity index (χ0v) is 14.7. The van der Waals surface area contributed by atoms with E-state index >= 15 is 0 Å². The van der Waals surface area contributed by atoms with Gasteiger partial charge in [0.05, 0.1) is 6.10 Å². The van der Waals surface area contributed by atoms with E-state index in [4.69, 9.17) is 10.7 Å². The van der Waals surface area contributed by atoms with Crippen molar-refractivity contribution in [3.63, 3.8) is 0 Å². The van der Waals surface area contributed by atoms with Crippen LogP contribution in [0.3, 0.4) is 0 Å². The van der Waals surface area contributed by atoms with Crippen LogP contribution in [0.4, 0.5) is 0 Å². The highest BCUT2D eigenvalue weighted by atomic mass is 16.3. The highest BCUT2D eigenvalue weighted by Gasteiger charge is 2.41. The van der Waals surface area contributed by atoms with Crippen LogP contribution >= 0.6 is 0 Å². The molecule has 4 aliphatic heterocycles. The largest absolute Gasteiger partial charge is 0.393 e. The fourth-order valence-electron chi connectivity index (χ4n) is 3.84. The van der Waals surface area contributed by atoms with E-state index in [2.05, 4.69) is 33.9 Å². The van der Waals surface area contributed by atoms with Crippen LogP contribution < -0.4 is 21.7 Å². The second kappa shape index (κ2) is 5.64. The van der Waals surface area contributed by atoms with Crippen molar-refractivity contribution in [1.82, 2.24) is 20.9 Å². The Hall–Kier alpha value is -2.25. The average molecular weight is 342 g/mol. The van der Waals surface area contributed by atoms with Gasteiger partial charge >= 0.3 is 0 Å². The maximum absolute atomic E-state index is 9.83. The van der Waals surface area contributed by atoms with E-state index in [1.165, 1.54) is 5.70 Å². The lowest BCUT2D eigenvalue weighted by molar-refractivity contribution is 0.0976. The Morgan fingerprint density at radius 3 is 2.64 bits per heavy atom. The van der Waals surface area contributed by atoms with Crippen LogP contribution in [0, 0.1) is 0 Å². The number of aliphatic hydroxyl groups is 1. The third-order valence-electron chi connectivity index (χ3n) is 5.19. The normalized spacial score (nSPS) is 37.7. The van der Waals surface area contributed by atoms with Gasteiger partial charge in [-0.1, -0.05) is 0 Å². The fourth-order valence-corrected chi connectivity index (χ4v) is 3.84. The van der Waals surface area contributed by atoms with E-state index in [1.54, 1.807) is 0 Å². The van der Waals surface area contributed by atoms with E-state index in [0.717, 1.165) is 42.8 Å². The predicted molar refractivity (Wildman–Crippen MR) is 98.0 cm³/mol. The number of piperidine rings is 1. The molecule has 1 fully saturated rings. The number of hydrogen-bond acceptors (Lipinski definition) is 7. The molecule has 0 spiro atoms. The highest BCUT2D eigenvalue weighted by molar-refractivity contribution is 5.92. The number of nitrogens with zero attached hydrogens (tertiary/aromatic N) is 2. The van der Waals surface area contributed by atoms with E-state index in [9.17, 15) is 5.11 Å². The van der Waals surface area contributed by atoms with Gasteiger partial charge in [0.15, 0.2) is 11.4 Å². The molecule has 25 heavy (non-hydrogen) atoms. The van der Waals surface area contributed by atoms with E-state index in [1.807, 2.05) is 31.6 Å². The zero-order chi connectivity index (χ0) is 17.7. The molecule has 4 heterocycles. The minimum atomic E-state index is -0.697. The Labute approximate surface area is 148 Å². The molecule has 0 radical (unpaired) electrons. The summed E-state index contributed by atoms with van der Waals surface area (Å²) in [5.74, 6) is -0.697. The number of aliphatic hydroxyl groups excluding tert-OH is 1. The molecule has 0 aromatic rings. The van der Waals surface area contributed by atoms with E-state index in [-0.39, 0.29) is 6.10 Å². The molecule has 1 saturated heterocycles. The van der Waals surface area contributed by atoms with Gasteiger partial charge in [-0.25, -0.2) is 0 Å². The summed E-state index contributed by atoms with van der Waals surface area (Å²) in [6.45, 7) is 5.68. The summed E-state index contributed by atoms with van der Waals surface area (Å²) in [6, 6.07) is 0. The molecule has 2 atom stereocenters. The molecular formula is C18H26N6O. The van der Waals surface area contributed by atoms with Gasteiger partial charge in [0.2, 0.25) is 0 Å². The maximum Gasteiger partial charge on any atom is 0.158 e. The molecule has 0 saturated carbocycles. The molecule has 0 aliphatic carbocycles. The first kappa shape index (κ1) is 16.2. The summed E-state index contributed by atoms with van der Waals surface area (Å²) in [5.41, 5.74) is 10.0. The monoisotopic (exact) mass is 342 g/mol. The smallest absolute Gasteiger partial charge is 0.158 e. The molecule has 0 bridgehead atoms. The van der Waals surface area contributed by atoms with E-state index in [0.29, 0.717) is 0 Å². The number of nitrogens with one attached hydrogen (secondary N) is 3. The minimum absolute atomic E-state index is 0.191. The van der Waals surface area contributed by atoms with Gasteiger partial charge < -0.3 is 26.0 Å². The van der Waals surface area contributed by atoms with Crippen molar-refractivity contribution in [2.75, 3.05) is 13.1 Å². The topological polar surface area (TPSA) is 97.9 Å². The third-order valence-corrected chi connectivity index (χ3v) is 5.19. The average Bonchev–Trinajstić information content (AvgIpc) is 2.92. The lowest BCUT2D eigenvalue weighted by Crippen LogP contribution is -2.61. The van der Waals surface area contributed by atoms with Crippen molar-refractivity contribution < 1.29 is 5.11 Å². The Morgan fingerprint density at radius 1 is 1.20 bits per heavy atom. The fraction of sp³-hybridized carbons (Fsp3) is 0.500. The number of allylic oxidation sites excluding steroid dienone is 2. The van der Waals surface area contributed by atoms with Crippen LogP contribution in [0.25, 0.3) is 0 Å². The summed E-state index contributed by atoms with van der Waals surface area (Å²) < 4.78 is 0. The number of rotatable bonds is 1. The molecule has 0 aromatic carbocycles. The first-order valence-corrected chi connectivity index (χ1v) is 8.81. The van der Waals surface area contributed by atoms with E-state index < -0.39 is 11.4 Å². The number of nitrogens with two attached hydrogens (primary N) is 1. The van der Waals surface area contributed by atoms with Crippen LogP contribution in [0.1, 0.15) is 26.7 Å². The molecule has 7 heteroatoms. The van der Waals surface area contributed by atoms with Crippen molar-refractivity contribution >= 4 is 6.21 Å². The lowest BCUT2D eigenvalue weighted by atomic mass is 9.90. The van der Waals surface area contributed by atoms with Crippen molar-refractivity contribution in [2.45, 2.75) is 44.2 Å². The number of likely N-dealkylation sites (tertiary alicyclic amines) is 1. The quantitative estimate of drug-likeness (QED) is 0.467. The van der Waals surface area contributed by atoms with Gasteiger partial charge in [0, 0.05) is 54.2 Å². The standard InChI is InChI=1S/C18H26N6O/c1-17-16(13(11-22-17)14-3-7-21-18(2,19)23-14)15(4-8-20-17)24-9-5-12(25)6-10-24/h3-4,7-8,11-12,20-21,23,25H,5-6,9-10,19H2,1-2H3. The van der Waals surface area contributed by atoms with Crippen LogP contribution in [-0.2, 0) is 0 Å². The third kappa shape index (κ3) is 2.83. The van der Waals surface area contributed by atoms with Crippen molar-refractivity contribution in [3.8, 4) is 0 Å². The van der Waals surface area contributed by atoms with Gasteiger partial charge in [-0.05, 0) is 38.8 Å². The van der Waals surface area contributed by atoms with Crippen molar-refractivity contribution in [3.05, 3.63) is 47.1 Å². The van der Waals surface area contributed by atoms with Crippen LogP contribution in [-0.4, -0.2) is 46.9 Å². The maximum atomic E-state index is 9.83. The summed E-state index contributed by atoms with van der Waals surface area (Å²) in [7, 11) is 0. The second-order valence-electron chi connectivity index (χ2n) is 7.42. The van der Waals surface area contributed by atoms with Crippen LogP contribution in [0.15, 0.2) is 52.1 Å². The molecule has 4 aliphatic rings. The summed E-state index contributed by atoms with van der Waals surface area (Å²) in [5, 5.41) is 19.6. The molecule has 6 N–H and O–H groups in total. The van der Waals surface area contributed by atoms with Crippen LogP contribution in [0.2, 0.25) is 0 Å². The SMILES string of the molecule is CC1(N)NC=CC(=C2C=NC3(C)NC=CC(N4CCC(O)CC4)=C23)N1.